The average Bonchev–Trinajstić information content (AvgIpc) is 2.18. The van der Waals surface area contributed by atoms with Crippen molar-refractivity contribution in [3.8, 4) is 0 Å². The fourth-order valence-corrected chi connectivity index (χ4v) is 1.48. The Bertz CT molecular complexity index is 407. The van der Waals surface area contributed by atoms with Gasteiger partial charge in [-0.2, -0.15) is 0 Å². The first-order chi connectivity index (χ1) is 6.75. The van der Waals surface area contributed by atoms with Crippen molar-refractivity contribution in [1.82, 2.24) is 4.98 Å². The Morgan fingerprint density at radius 2 is 2.00 bits per heavy atom. The Morgan fingerprint density at radius 1 is 1.14 bits per heavy atom. The molecule has 3 nitrogen and oxygen atoms in total. The van der Waals surface area contributed by atoms with Crippen LogP contribution in [0, 0.1) is 0 Å². The summed E-state index contributed by atoms with van der Waals surface area (Å²) in [5.74, 6) is -0.153. The lowest BCUT2D eigenvalue weighted by Crippen LogP contribution is -2.12. The van der Waals surface area contributed by atoms with Gasteiger partial charge < -0.3 is 0 Å². The average molecular weight is 187 g/mol. The van der Waals surface area contributed by atoms with Gasteiger partial charge in [0, 0.05) is 12.6 Å². The minimum Gasteiger partial charge on any atom is -0.299 e. The molecule has 70 valence electrons. The largest absolute Gasteiger partial charge is 0.299 e. The normalized spacial score (nSPS) is 16.7. The molecule has 0 radical (unpaired) electrons. The molecule has 3 heteroatoms. The Morgan fingerprint density at radius 3 is 2.64 bits per heavy atom. The van der Waals surface area contributed by atoms with Gasteiger partial charge in [0.25, 0.3) is 0 Å². The monoisotopic (exact) mass is 187 g/mol. The van der Waals surface area contributed by atoms with Gasteiger partial charge in [0.05, 0.1) is 12.1 Å². The zero-order chi connectivity index (χ0) is 9.97. The number of ketones is 2. The molecule has 0 aliphatic heterocycles. The molecule has 0 saturated carbocycles. The van der Waals surface area contributed by atoms with Crippen LogP contribution < -0.4 is 0 Å². The van der Waals surface area contributed by atoms with Crippen molar-refractivity contribution in [2.24, 2.45) is 0 Å². The number of pyridine rings is 1. The highest BCUT2D eigenvalue weighted by Gasteiger charge is 2.18. The zero-order valence-corrected chi connectivity index (χ0v) is 7.56. The van der Waals surface area contributed by atoms with E-state index in [1.54, 1.807) is 18.3 Å². The van der Waals surface area contributed by atoms with E-state index in [-0.39, 0.29) is 18.0 Å². The lowest BCUT2D eigenvalue weighted by Gasteiger charge is -2.09. The number of carbonyl (C=O) groups excluding carboxylic acids is 2. The van der Waals surface area contributed by atoms with Crippen molar-refractivity contribution < 1.29 is 9.59 Å². The second-order valence-corrected chi connectivity index (χ2v) is 3.24. The van der Waals surface area contributed by atoms with Gasteiger partial charge in [0.15, 0.2) is 5.78 Å². The summed E-state index contributed by atoms with van der Waals surface area (Å²) in [7, 11) is 0. The van der Waals surface area contributed by atoms with Crippen LogP contribution in [-0.2, 0) is 9.59 Å². The predicted octanol–water partition coefficient (Wildman–Crippen LogP) is 1.40. The van der Waals surface area contributed by atoms with Gasteiger partial charge in [-0.25, -0.2) is 0 Å². The number of hydrogen-bond donors (Lipinski definition) is 0. The fourth-order valence-electron chi connectivity index (χ4n) is 1.48. The van der Waals surface area contributed by atoms with Crippen LogP contribution in [0.1, 0.15) is 18.5 Å². The van der Waals surface area contributed by atoms with E-state index in [2.05, 4.69) is 4.98 Å². The molecule has 0 aromatic carbocycles. The molecule has 0 amide bonds. The first-order valence-corrected chi connectivity index (χ1v) is 4.42. The maximum absolute atomic E-state index is 11.2. The van der Waals surface area contributed by atoms with Gasteiger partial charge in [-0.15, -0.1) is 0 Å². The lowest BCUT2D eigenvalue weighted by atomic mass is 9.95. The van der Waals surface area contributed by atoms with E-state index in [1.165, 1.54) is 6.08 Å². The summed E-state index contributed by atoms with van der Waals surface area (Å²) in [5.41, 5.74) is 1.45. The zero-order valence-electron chi connectivity index (χ0n) is 7.56. The number of nitrogens with zero attached hydrogens (tertiary/aromatic N) is 1. The third-order valence-corrected chi connectivity index (χ3v) is 2.09. The van der Waals surface area contributed by atoms with Crippen LogP contribution in [0.2, 0.25) is 0 Å². The first-order valence-electron chi connectivity index (χ1n) is 4.42. The quantitative estimate of drug-likeness (QED) is 0.624. The van der Waals surface area contributed by atoms with Crippen LogP contribution >= 0.6 is 0 Å². The van der Waals surface area contributed by atoms with Gasteiger partial charge in [-0.1, -0.05) is 6.07 Å². The molecule has 1 aliphatic carbocycles. The van der Waals surface area contributed by atoms with Crippen molar-refractivity contribution in [3.63, 3.8) is 0 Å². The second-order valence-electron chi connectivity index (χ2n) is 3.24. The molecule has 14 heavy (non-hydrogen) atoms. The van der Waals surface area contributed by atoms with Crippen molar-refractivity contribution in [2.45, 2.75) is 12.8 Å². The van der Waals surface area contributed by atoms with Gasteiger partial charge in [0.2, 0.25) is 0 Å². The van der Waals surface area contributed by atoms with Crippen LogP contribution in [0.3, 0.4) is 0 Å². The van der Waals surface area contributed by atoms with Crippen LogP contribution in [0.15, 0.2) is 30.5 Å². The molecule has 1 aromatic heterocycles. The summed E-state index contributed by atoms with van der Waals surface area (Å²) >= 11 is 0. The molecule has 0 atom stereocenters. The third-order valence-electron chi connectivity index (χ3n) is 2.09. The van der Waals surface area contributed by atoms with Crippen molar-refractivity contribution in [1.29, 1.82) is 0 Å². The molecule has 1 heterocycles. The van der Waals surface area contributed by atoms with Gasteiger partial charge in [-0.3, -0.25) is 14.6 Å². The van der Waals surface area contributed by atoms with Gasteiger partial charge >= 0.3 is 0 Å². The summed E-state index contributed by atoms with van der Waals surface area (Å²) in [5, 5.41) is 0. The summed E-state index contributed by atoms with van der Waals surface area (Å²) in [6.07, 6.45) is 3.53. The molecule has 0 N–H and O–H groups in total. The first kappa shape index (κ1) is 8.81. The van der Waals surface area contributed by atoms with Crippen LogP contribution in [0.5, 0.6) is 0 Å². The minimum absolute atomic E-state index is 0.0295. The Labute approximate surface area is 81.5 Å². The van der Waals surface area contributed by atoms with Crippen LogP contribution in [0.4, 0.5) is 0 Å². The summed E-state index contributed by atoms with van der Waals surface area (Å²) in [6, 6.07) is 5.45. The summed E-state index contributed by atoms with van der Waals surface area (Å²) < 4.78 is 0. The highest BCUT2D eigenvalue weighted by molar-refractivity contribution is 6.14. The molecule has 0 spiro atoms. The highest BCUT2D eigenvalue weighted by Crippen LogP contribution is 2.21. The maximum Gasteiger partial charge on any atom is 0.163 e. The lowest BCUT2D eigenvalue weighted by molar-refractivity contribution is -0.124. The Kier molecular flexibility index (Phi) is 2.23. The molecule has 1 aliphatic rings. The van der Waals surface area contributed by atoms with E-state index < -0.39 is 0 Å². The van der Waals surface area contributed by atoms with E-state index in [1.807, 2.05) is 6.07 Å². The second kappa shape index (κ2) is 3.54. The van der Waals surface area contributed by atoms with Gasteiger partial charge in [0.1, 0.15) is 5.78 Å². The molecule has 2 rings (SSSR count). The number of Topliss-reactive ketones (excluding diaryl/α,β-unsaturated/α-hetero) is 1. The predicted molar refractivity (Wildman–Crippen MR) is 51.5 cm³/mol. The number of aromatic nitrogens is 1. The van der Waals surface area contributed by atoms with E-state index in [0.29, 0.717) is 12.1 Å². The van der Waals surface area contributed by atoms with Crippen molar-refractivity contribution in [3.05, 3.63) is 36.2 Å². The molecular weight excluding hydrogens is 178 g/mol. The highest BCUT2D eigenvalue weighted by atomic mass is 16.1. The van der Waals surface area contributed by atoms with Crippen LogP contribution in [0.25, 0.3) is 5.57 Å². The molecular formula is C11H9NO2. The smallest absolute Gasteiger partial charge is 0.163 e. The SMILES string of the molecule is O=C1C=C(c2ccccn2)CC(=O)C1. The third kappa shape index (κ3) is 1.76. The van der Waals surface area contributed by atoms with Crippen molar-refractivity contribution >= 4 is 17.1 Å². The maximum atomic E-state index is 11.2. The molecule has 0 unspecified atom stereocenters. The molecule has 0 fully saturated rings. The summed E-state index contributed by atoms with van der Waals surface area (Å²) in [6.45, 7) is 0. The number of rotatable bonds is 1. The molecule has 0 saturated heterocycles. The number of hydrogen-bond acceptors (Lipinski definition) is 3. The van der Waals surface area contributed by atoms with Gasteiger partial charge in [-0.05, 0) is 23.8 Å². The minimum atomic E-state index is -0.123. The topological polar surface area (TPSA) is 47.0 Å². The van der Waals surface area contributed by atoms with E-state index in [0.717, 1.165) is 5.57 Å². The summed E-state index contributed by atoms with van der Waals surface area (Å²) in [4.78, 5) is 26.4. The Balaban J connectivity index is 2.35. The fraction of sp³-hybridized carbons (Fsp3) is 0.182. The van der Waals surface area contributed by atoms with E-state index in [4.69, 9.17) is 0 Å². The molecule has 1 aromatic rings. The number of carbonyl (C=O) groups is 2. The number of allylic oxidation sites excluding steroid dienone is 2. The standard InChI is InChI=1S/C11H9NO2/c13-9-5-8(6-10(14)7-9)11-3-1-2-4-12-11/h1-5H,6-7H2. The van der Waals surface area contributed by atoms with Crippen molar-refractivity contribution in [2.75, 3.05) is 0 Å². The Hall–Kier alpha value is -1.77. The van der Waals surface area contributed by atoms with E-state index >= 15 is 0 Å². The van der Waals surface area contributed by atoms with E-state index in [9.17, 15) is 9.59 Å². The molecule has 0 bridgehead atoms. The van der Waals surface area contributed by atoms with Crippen LogP contribution in [-0.4, -0.2) is 16.6 Å².